The summed E-state index contributed by atoms with van der Waals surface area (Å²) in [6.07, 6.45) is 0. The van der Waals surface area contributed by atoms with E-state index in [4.69, 9.17) is 23.8 Å². The van der Waals surface area contributed by atoms with Gasteiger partial charge < -0.3 is 13.4 Å². The predicted molar refractivity (Wildman–Crippen MR) is 240 cm³/mol. The fourth-order valence-electron chi connectivity index (χ4n) is 9.27. The van der Waals surface area contributed by atoms with E-state index < -0.39 is 0 Å². The zero-order valence-electron chi connectivity index (χ0n) is 31.4. The van der Waals surface area contributed by atoms with Gasteiger partial charge in [0.2, 0.25) is 0 Å². The van der Waals surface area contributed by atoms with Gasteiger partial charge in [-0.15, -0.1) is 0 Å². The molecule has 9 aromatic carbocycles. The van der Waals surface area contributed by atoms with Gasteiger partial charge >= 0.3 is 0 Å². The first-order chi connectivity index (χ1) is 29.3. The molecule has 6 heteroatoms. The maximum Gasteiger partial charge on any atom is 0.164 e. The fraction of sp³-hybridized carbons (Fsp3) is 0. The van der Waals surface area contributed by atoms with Gasteiger partial charge in [-0.2, -0.15) is 0 Å². The number of hydrogen-bond donors (Lipinski definition) is 0. The number of aromatic nitrogens is 4. The van der Waals surface area contributed by atoms with Crippen LogP contribution in [0.15, 0.2) is 191 Å². The molecule has 0 fully saturated rings. The van der Waals surface area contributed by atoms with Gasteiger partial charge in [0, 0.05) is 55.1 Å². The summed E-state index contributed by atoms with van der Waals surface area (Å²) in [6.45, 7) is 0. The highest BCUT2D eigenvalue weighted by Gasteiger charge is 2.25. The van der Waals surface area contributed by atoms with E-state index in [-0.39, 0.29) is 0 Å². The summed E-state index contributed by atoms with van der Waals surface area (Å²) >= 11 is 0. The average Bonchev–Trinajstić information content (AvgIpc) is 3.99. The minimum absolute atomic E-state index is 0.587. The summed E-state index contributed by atoms with van der Waals surface area (Å²) in [5.74, 6) is 1.82. The third-order valence-corrected chi connectivity index (χ3v) is 11.8. The van der Waals surface area contributed by atoms with Gasteiger partial charge in [-0.05, 0) is 51.9 Å². The molecule has 13 aromatic rings. The molecule has 6 nitrogen and oxygen atoms in total. The van der Waals surface area contributed by atoms with Gasteiger partial charge in [0.05, 0.1) is 16.7 Å². The van der Waals surface area contributed by atoms with Gasteiger partial charge in [0.25, 0.3) is 0 Å². The molecule has 0 unspecified atom stereocenters. The quantitative estimate of drug-likeness (QED) is 0.179. The Hall–Kier alpha value is -8.09. The highest BCUT2D eigenvalue weighted by Crippen LogP contribution is 2.48. The van der Waals surface area contributed by atoms with Crippen molar-refractivity contribution in [2.75, 3.05) is 0 Å². The molecule has 0 aliphatic carbocycles. The van der Waals surface area contributed by atoms with Crippen molar-refractivity contribution in [3.63, 3.8) is 0 Å². The molecule has 0 radical (unpaired) electrons. The Bertz CT molecular complexity index is 3790. The van der Waals surface area contributed by atoms with Crippen molar-refractivity contribution in [1.82, 2.24) is 19.5 Å². The molecule has 0 bridgehead atoms. The number of rotatable bonds is 4. The van der Waals surface area contributed by atoms with E-state index in [1.807, 2.05) is 78.9 Å². The molecule has 0 aliphatic rings. The van der Waals surface area contributed by atoms with Crippen molar-refractivity contribution in [3.8, 4) is 39.9 Å². The molecule has 4 aromatic heterocycles. The average molecular weight is 755 g/mol. The van der Waals surface area contributed by atoms with Crippen LogP contribution in [0.5, 0.6) is 0 Å². The second kappa shape index (κ2) is 12.2. The van der Waals surface area contributed by atoms with Crippen molar-refractivity contribution < 1.29 is 8.83 Å². The van der Waals surface area contributed by atoms with E-state index in [2.05, 4.69) is 108 Å². The zero-order valence-corrected chi connectivity index (χ0v) is 31.4. The van der Waals surface area contributed by atoms with Crippen LogP contribution < -0.4 is 0 Å². The minimum Gasteiger partial charge on any atom is -0.456 e. The monoisotopic (exact) mass is 754 g/mol. The van der Waals surface area contributed by atoms with E-state index in [0.717, 1.165) is 77.3 Å². The summed E-state index contributed by atoms with van der Waals surface area (Å²) in [5, 5.41) is 11.3. The standard InChI is InChI=1S/C53H30N4O2/c1-3-15-32(16-4-1)51-54-52(33-17-5-2-6-18-33)56-53(55-51)40-23-13-25-43-45(40)39-28-27-34(30-44(39)58-43)57-41-29-26-31-14-7-8-19-35(31)47(41)48-37-21-10-9-20-36(37)46-38-22-11-12-24-42(38)59-50(46)49(48)57/h1-30H. The van der Waals surface area contributed by atoms with Gasteiger partial charge in [-0.3, -0.25) is 0 Å². The van der Waals surface area contributed by atoms with E-state index >= 15 is 0 Å². The molecule has 0 saturated heterocycles. The lowest BCUT2D eigenvalue weighted by Crippen LogP contribution is -2.00. The second-order valence-corrected chi connectivity index (χ2v) is 15.1. The Balaban J connectivity index is 1.10. The van der Waals surface area contributed by atoms with E-state index in [1.54, 1.807) is 0 Å². The van der Waals surface area contributed by atoms with Crippen LogP contribution in [0.25, 0.3) is 127 Å². The number of furan rings is 2. The first-order valence-corrected chi connectivity index (χ1v) is 19.8. The molecule has 0 atom stereocenters. The smallest absolute Gasteiger partial charge is 0.164 e. The van der Waals surface area contributed by atoms with Crippen LogP contribution in [0.1, 0.15) is 0 Å². The third-order valence-electron chi connectivity index (χ3n) is 11.8. The maximum absolute atomic E-state index is 6.90. The fourth-order valence-corrected chi connectivity index (χ4v) is 9.27. The Morgan fingerprint density at radius 3 is 1.75 bits per heavy atom. The van der Waals surface area contributed by atoms with Crippen LogP contribution in [0.2, 0.25) is 0 Å². The summed E-state index contributed by atoms with van der Waals surface area (Å²) in [4.78, 5) is 15.1. The number of fused-ring (bicyclic) bond motifs is 15. The van der Waals surface area contributed by atoms with Crippen LogP contribution in [0.4, 0.5) is 0 Å². The Morgan fingerprint density at radius 1 is 0.373 bits per heavy atom. The summed E-state index contributed by atoms with van der Waals surface area (Å²) < 4.78 is 16.0. The van der Waals surface area contributed by atoms with E-state index in [9.17, 15) is 0 Å². The predicted octanol–water partition coefficient (Wildman–Crippen LogP) is 14.1. The number of nitrogens with zero attached hydrogens (tertiary/aromatic N) is 4. The van der Waals surface area contributed by atoms with Gasteiger partial charge in [-0.25, -0.2) is 15.0 Å². The molecule has 59 heavy (non-hydrogen) atoms. The zero-order chi connectivity index (χ0) is 38.6. The normalized spacial score (nSPS) is 12.1. The van der Waals surface area contributed by atoms with Gasteiger partial charge in [0.15, 0.2) is 23.1 Å². The molecule has 13 rings (SSSR count). The summed E-state index contributed by atoms with van der Waals surface area (Å²) in [6, 6.07) is 63.0. The van der Waals surface area contributed by atoms with Crippen LogP contribution >= 0.6 is 0 Å². The molecule has 274 valence electrons. The minimum atomic E-state index is 0.587. The number of para-hydroxylation sites is 1. The van der Waals surface area contributed by atoms with E-state index in [0.29, 0.717) is 17.5 Å². The second-order valence-electron chi connectivity index (χ2n) is 15.1. The SMILES string of the molecule is c1ccc(-c2nc(-c3ccccc3)nc(-c3cccc4oc5cc(-n6c7ccc8ccccc8c7c7c8ccccc8c8c9ccccc9oc8c76)ccc5c34)n2)cc1. The topological polar surface area (TPSA) is 69.9 Å². The van der Waals surface area contributed by atoms with E-state index in [1.165, 1.54) is 32.3 Å². The van der Waals surface area contributed by atoms with Crippen molar-refractivity contribution in [2.24, 2.45) is 0 Å². The molecular formula is C53H30N4O2. The highest BCUT2D eigenvalue weighted by atomic mass is 16.3. The van der Waals surface area contributed by atoms with Gasteiger partial charge in [-0.1, -0.05) is 146 Å². The Labute approximate surface area is 336 Å². The van der Waals surface area contributed by atoms with Crippen LogP contribution in [0.3, 0.4) is 0 Å². The molecule has 0 N–H and O–H groups in total. The van der Waals surface area contributed by atoms with Crippen LogP contribution in [0, 0.1) is 0 Å². The molecule has 0 saturated carbocycles. The molecule has 0 spiro atoms. The van der Waals surface area contributed by atoms with Crippen molar-refractivity contribution in [2.45, 2.75) is 0 Å². The van der Waals surface area contributed by atoms with Crippen molar-refractivity contribution in [3.05, 3.63) is 182 Å². The molecular weight excluding hydrogens is 725 g/mol. The first-order valence-electron chi connectivity index (χ1n) is 19.8. The van der Waals surface area contributed by atoms with Gasteiger partial charge in [0.1, 0.15) is 16.7 Å². The van der Waals surface area contributed by atoms with Crippen molar-refractivity contribution >= 4 is 87.2 Å². The van der Waals surface area contributed by atoms with Crippen LogP contribution in [-0.2, 0) is 0 Å². The largest absolute Gasteiger partial charge is 0.456 e. The third kappa shape index (κ3) is 4.65. The molecule has 0 amide bonds. The summed E-state index contributed by atoms with van der Waals surface area (Å²) in [5.41, 5.74) is 9.09. The first kappa shape index (κ1) is 32.0. The summed E-state index contributed by atoms with van der Waals surface area (Å²) in [7, 11) is 0. The van der Waals surface area contributed by atoms with Crippen molar-refractivity contribution in [1.29, 1.82) is 0 Å². The Kier molecular flexibility index (Phi) is 6.63. The number of benzene rings is 9. The lowest BCUT2D eigenvalue weighted by Gasteiger charge is -2.10. The maximum atomic E-state index is 6.90. The Morgan fingerprint density at radius 2 is 0.983 bits per heavy atom. The molecule has 0 aliphatic heterocycles. The molecule has 4 heterocycles. The van der Waals surface area contributed by atoms with Crippen LogP contribution in [-0.4, -0.2) is 19.5 Å². The lowest BCUT2D eigenvalue weighted by molar-refractivity contribution is 0.668. The highest BCUT2D eigenvalue weighted by molar-refractivity contribution is 6.38. The lowest BCUT2D eigenvalue weighted by atomic mass is 9.97. The number of hydrogen-bond acceptors (Lipinski definition) is 5.